The van der Waals surface area contributed by atoms with E-state index in [2.05, 4.69) is 31.1 Å². The largest absolute Gasteiger partial charge is 0.459 e. The highest BCUT2D eigenvalue weighted by Gasteiger charge is 2.42. The summed E-state index contributed by atoms with van der Waals surface area (Å²) in [4.78, 5) is 6.60. The number of hydrogen-bond donors (Lipinski definition) is 1. The van der Waals surface area contributed by atoms with E-state index in [9.17, 15) is 4.39 Å². The molecule has 0 radical (unpaired) electrons. The first-order valence-corrected chi connectivity index (χ1v) is 10.9. The lowest BCUT2D eigenvalue weighted by atomic mass is 10.0. The third-order valence-corrected chi connectivity index (χ3v) is 6.22. The van der Waals surface area contributed by atoms with Crippen LogP contribution in [0.2, 0.25) is 0 Å². The topological polar surface area (TPSA) is 41.3 Å². The van der Waals surface area contributed by atoms with Crippen LogP contribution in [-0.4, -0.2) is 10.1 Å². The fourth-order valence-corrected chi connectivity index (χ4v) is 4.75. The number of nitrogens with zero attached hydrogens (tertiary/aromatic N) is 2. The van der Waals surface area contributed by atoms with Crippen molar-refractivity contribution < 1.29 is 8.81 Å². The van der Waals surface area contributed by atoms with Gasteiger partial charge in [-0.2, -0.15) is 0 Å². The molecule has 1 aliphatic rings. The highest BCUT2D eigenvalue weighted by molar-refractivity contribution is 9.10. The Kier molecular flexibility index (Phi) is 5.29. The van der Waals surface area contributed by atoms with Crippen molar-refractivity contribution >= 4 is 38.9 Å². The van der Waals surface area contributed by atoms with Gasteiger partial charge in [0.15, 0.2) is 5.11 Å². The summed E-state index contributed by atoms with van der Waals surface area (Å²) >= 11 is 9.14. The van der Waals surface area contributed by atoms with Crippen molar-refractivity contribution in [3.05, 3.63) is 107 Å². The van der Waals surface area contributed by atoms with Gasteiger partial charge in [0.1, 0.15) is 23.4 Å². The minimum atomic E-state index is -0.307. The van der Waals surface area contributed by atoms with Gasteiger partial charge in [0, 0.05) is 21.9 Å². The lowest BCUT2D eigenvalue weighted by molar-refractivity contribution is 0.439. The lowest BCUT2D eigenvalue weighted by Crippen LogP contribution is -2.29. The number of aromatic nitrogens is 1. The Hall–Kier alpha value is -3.03. The second-order valence-corrected chi connectivity index (χ2v) is 8.40. The molecule has 7 heteroatoms. The van der Waals surface area contributed by atoms with Crippen LogP contribution in [0.4, 0.5) is 10.1 Å². The Balaban J connectivity index is 1.60. The summed E-state index contributed by atoms with van der Waals surface area (Å²) in [6, 6.07) is 23.7. The SMILES string of the molecule is Fc1ccc(-c2ccc(C3C(c4ccccn4)NC(=S)N3c3ccccc3)o2)c(Br)c1. The maximum absolute atomic E-state index is 13.5. The van der Waals surface area contributed by atoms with Crippen molar-refractivity contribution in [3.8, 4) is 11.3 Å². The van der Waals surface area contributed by atoms with Crippen molar-refractivity contribution in [3.63, 3.8) is 0 Å². The molecule has 0 saturated carbocycles. The normalized spacial score (nSPS) is 18.3. The van der Waals surface area contributed by atoms with E-state index in [1.165, 1.54) is 12.1 Å². The third kappa shape index (κ3) is 3.75. The Morgan fingerprint density at radius 1 is 1.00 bits per heavy atom. The Morgan fingerprint density at radius 3 is 2.55 bits per heavy atom. The number of benzene rings is 2. The van der Waals surface area contributed by atoms with Crippen molar-refractivity contribution in [2.75, 3.05) is 4.90 Å². The van der Waals surface area contributed by atoms with Crippen molar-refractivity contribution in [2.45, 2.75) is 12.1 Å². The van der Waals surface area contributed by atoms with Gasteiger partial charge in [-0.25, -0.2) is 4.39 Å². The summed E-state index contributed by atoms with van der Waals surface area (Å²) < 4.78 is 20.5. The second kappa shape index (κ2) is 8.24. The molecule has 31 heavy (non-hydrogen) atoms. The van der Waals surface area contributed by atoms with Gasteiger partial charge in [-0.1, -0.05) is 24.3 Å². The van der Waals surface area contributed by atoms with Crippen LogP contribution >= 0.6 is 28.1 Å². The highest BCUT2D eigenvalue weighted by Crippen LogP contribution is 2.43. The molecule has 2 aromatic carbocycles. The van der Waals surface area contributed by atoms with Gasteiger partial charge in [-0.15, -0.1) is 0 Å². The van der Waals surface area contributed by atoms with E-state index in [4.69, 9.17) is 16.6 Å². The predicted molar refractivity (Wildman–Crippen MR) is 126 cm³/mol. The van der Waals surface area contributed by atoms with E-state index >= 15 is 0 Å². The number of hydrogen-bond acceptors (Lipinski definition) is 3. The summed E-state index contributed by atoms with van der Waals surface area (Å²) in [7, 11) is 0. The molecule has 2 atom stereocenters. The van der Waals surface area contributed by atoms with Crippen molar-refractivity contribution in [1.29, 1.82) is 0 Å². The van der Waals surface area contributed by atoms with Crippen LogP contribution in [0.1, 0.15) is 23.5 Å². The standard InChI is InChI=1S/C24H17BrFN3OS/c25-18-14-15(26)9-10-17(18)20-11-12-21(30-20)23-22(19-8-4-5-13-27-19)28-24(31)29(23)16-6-2-1-3-7-16/h1-14,22-23H,(H,28,31). The number of furan rings is 1. The molecule has 0 amide bonds. The number of halogens is 2. The molecule has 1 aliphatic heterocycles. The van der Waals surface area contributed by atoms with Crippen LogP contribution in [0.3, 0.4) is 0 Å². The molecular weight excluding hydrogens is 477 g/mol. The molecular formula is C24H17BrFN3OS. The molecule has 2 aromatic heterocycles. The molecule has 4 aromatic rings. The molecule has 3 heterocycles. The van der Waals surface area contributed by atoms with Crippen molar-refractivity contribution in [1.82, 2.24) is 10.3 Å². The maximum atomic E-state index is 13.5. The van der Waals surface area contributed by atoms with Gasteiger partial charge in [-0.05, 0) is 82.7 Å². The maximum Gasteiger partial charge on any atom is 0.174 e. The first-order chi connectivity index (χ1) is 15.1. The zero-order valence-corrected chi connectivity index (χ0v) is 18.6. The first kappa shape index (κ1) is 19.9. The molecule has 0 spiro atoms. The number of thiocarbonyl (C=S) groups is 1. The molecule has 0 aliphatic carbocycles. The predicted octanol–water partition coefficient (Wildman–Crippen LogP) is 6.42. The van der Waals surface area contributed by atoms with Crippen LogP contribution in [0, 0.1) is 5.82 Å². The Morgan fingerprint density at radius 2 is 1.81 bits per heavy atom. The zero-order valence-electron chi connectivity index (χ0n) is 16.2. The lowest BCUT2D eigenvalue weighted by Gasteiger charge is -2.26. The van der Waals surface area contributed by atoms with Gasteiger partial charge in [0.25, 0.3) is 0 Å². The number of para-hydroxylation sites is 1. The molecule has 154 valence electrons. The van der Waals surface area contributed by atoms with Crippen LogP contribution in [0.25, 0.3) is 11.3 Å². The van der Waals surface area contributed by atoms with Gasteiger partial charge in [0.05, 0.1) is 11.7 Å². The number of rotatable bonds is 4. The number of nitrogens with one attached hydrogen (secondary N) is 1. The van der Waals surface area contributed by atoms with Gasteiger partial charge < -0.3 is 14.6 Å². The fraction of sp³-hybridized carbons (Fsp3) is 0.0833. The molecule has 1 fully saturated rings. The molecule has 5 rings (SSSR count). The Bertz CT molecular complexity index is 1230. The molecule has 1 N–H and O–H groups in total. The van der Waals surface area contributed by atoms with Crippen LogP contribution in [0.5, 0.6) is 0 Å². The smallest absolute Gasteiger partial charge is 0.174 e. The average molecular weight is 494 g/mol. The quantitative estimate of drug-likeness (QED) is 0.332. The van der Waals surface area contributed by atoms with Gasteiger partial charge in [-0.3, -0.25) is 4.98 Å². The minimum absolute atomic E-state index is 0.190. The summed E-state index contributed by atoms with van der Waals surface area (Å²) in [5.74, 6) is 1.07. The van der Waals surface area contributed by atoms with E-state index in [1.807, 2.05) is 60.7 Å². The third-order valence-electron chi connectivity index (χ3n) is 5.25. The fourth-order valence-electron chi connectivity index (χ4n) is 3.86. The van der Waals surface area contributed by atoms with Crippen LogP contribution in [-0.2, 0) is 0 Å². The molecule has 0 bridgehead atoms. The van der Waals surface area contributed by atoms with E-state index in [-0.39, 0.29) is 17.9 Å². The second-order valence-electron chi connectivity index (χ2n) is 7.16. The van der Waals surface area contributed by atoms with E-state index < -0.39 is 0 Å². The summed E-state index contributed by atoms with van der Waals surface area (Å²) in [5, 5.41) is 4.02. The van der Waals surface area contributed by atoms with Crippen LogP contribution in [0.15, 0.2) is 93.9 Å². The monoisotopic (exact) mass is 493 g/mol. The first-order valence-electron chi connectivity index (χ1n) is 9.72. The average Bonchev–Trinajstić information content (AvgIpc) is 3.39. The van der Waals surface area contributed by atoms with E-state index in [0.717, 1.165) is 22.7 Å². The molecule has 2 unspecified atom stereocenters. The number of anilines is 1. The summed E-state index contributed by atoms with van der Waals surface area (Å²) in [6.45, 7) is 0. The van der Waals surface area contributed by atoms with E-state index in [0.29, 0.717) is 15.3 Å². The van der Waals surface area contributed by atoms with Gasteiger partial charge in [0.2, 0.25) is 0 Å². The highest BCUT2D eigenvalue weighted by atomic mass is 79.9. The number of pyridine rings is 1. The van der Waals surface area contributed by atoms with E-state index in [1.54, 1.807) is 12.3 Å². The summed E-state index contributed by atoms with van der Waals surface area (Å²) in [5.41, 5.74) is 2.61. The minimum Gasteiger partial charge on any atom is -0.459 e. The van der Waals surface area contributed by atoms with Gasteiger partial charge >= 0.3 is 0 Å². The molecule has 4 nitrogen and oxygen atoms in total. The van der Waals surface area contributed by atoms with Crippen LogP contribution < -0.4 is 10.2 Å². The summed E-state index contributed by atoms with van der Waals surface area (Å²) in [6.07, 6.45) is 1.77. The molecule has 1 saturated heterocycles. The zero-order chi connectivity index (χ0) is 21.4. The van der Waals surface area contributed by atoms with Crippen molar-refractivity contribution in [2.24, 2.45) is 0 Å². The Labute approximate surface area is 192 Å².